The molecule has 30 heavy (non-hydrogen) atoms. The molecule has 9 heteroatoms. The number of halogens is 1. The van der Waals surface area contributed by atoms with Crippen LogP contribution in [0.1, 0.15) is 18.4 Å². The summed E-state index contributed by atoms with van der Waals surface area (Å²) in [5.74, 6) is -0.372. The summed E-state index contributed by atoms with van der Waals surface area (Å²) in [5, 5.41) is 0.501. The molecule has 2 aromatic rings. The van der Waals surface area contributed by atoms with Crippen LogP contribution in [0, 0.1) is 0 Å². The molecule has 0 aromatic heterocycles. The molecule has 0 unspecified atom stereocenters. The van der Waals surface area contributed by atoms with Gasteiger partial charge in [-0.25, -0.2) is 22.4 Å². The van der Waals surface area contributed by atoms with Crippen LogP contribution in [0.15, 0.2) is 54.6 Å². The number of sulfonamides is 1. The highest BCUT2D eigenvalue weighted by molar-refractivity contribution is 7.88. The molecule has 0 bridgehead atoms. The number of urea groups is 1. The molecule has 2 heterocycles. The van der Waals surface area contributed by atoms with E-state index in [0.29, 0.717) is 42.2 Å². The monoisotopic (exact) mass is 447 g/mol. The van der Waals surface area contributed by atoms with Crippen LogP contribution in [0.3, 0.4) is 0 Å². The van der Waals surface area contributed by atoms with Gasteiger partial charge in [-0.1, -0.05) is 41.9 Å². The summed E-state index contributed by atoms with van der Waals surface area (Å²) >= 11 is 5.96. The van der Waals surface area contributed by atoms with Crippen LogP contribution in [0.2, 0.25) is 5.02 Å². The number of carbonyl (C=O) groups is 2. The Morgan fingerprint density at radius 3 is 2.33 bits per heavy atom. The Kier molecular flexibility index (Phi) is 5.81. The van der Waals surface area contributed by atoms with E-state index in [4.69, 9.17) is 11.6 Å². The number of benzene rings is 2. The Labute approximate surface area is 180 Å². The van der Waals surface area contributed by atoms with Gasteiger partial charge in [0.25, 0.3) is 5.91 Å². The number of carbonyl (C=O) groups excluding carboxylic acids is 2. The summed E-state index contributed by atoms with van der Waals surface area (Å²) in [5.41, 5.74) is 1.19. The normalized spacial score (nSPS) is 19.0. The molecule has 0 atom stereocenters. The molecule has 7 nitrogen and oxygen atoms in total. The van der Waals surface area contributed by atoms with Gasteiger partial charge in [0, 0.05) is 24.2 Å². The Balaban J connectivity index is 1.40. The van der Waals surface area contributed by atoms with Crippen molar-refractivity contribution in [1.82, 2.24) is 9.21 Å². The van der Waals surface area contributed by atoms with Crippen molar-refractivity contribution < 1.29 is 18.0 Å². The highest BCUT2D eigenvalue weighted by Gasteiger charge is 2.42. The van der Waals surface area contributed by atoms with E-state index in [1.165, 1.54) is 9.21 Å². The SMILES string of the molecule is O=C1CN(C2CCN(S(=O)(=O)Cc3cccc(Cl)c3)CC2)C(=O)N1c1ccccc1. The number of imide groups is 1. The molecule has 0 saturated carbocycles. The average Bonchev–Trinajstić information content (AvgIpc) is 3.02. The van der Waals surface area contributed by atoms with Gasteiger partial charge < -0.3 is 4.90 Å². The molecule has 2 aromatic carbocycles. The number of amides is 3. The van der Waals surface area contributed by atoms with Gasteiger partial charge in [0.1, 0.15) is 6.54 Å². The minimum Gasteiger partial charge on any atom is -0.312 e. The number of para-hydroxylation sites is 1. The number of piperidine rings is 1. The average molecular weight is 448 g/mol. The standard InChI is InChI=1S/C21H22ClN3O4S/c22-17-6-4-5-16(13-17)15-30(28,29)23-11-9-18(10-12-23)24-14-20(26)25(21(24)27)19-7-2-1-3-8-19/h1-8,13,18H,9-12,14-15H2. The maximum Gasteiger partial charge on any atom is 0.332 e. The van der Waals surface area contributed by atoms with Crippen LogP contribution in [-0.2, 0) is 20.6 Å². The zero-order chi connectivity index (χ0) is 21.3. The van der Waals surface area contributed by atoms with Gasteiger partial charge in [-0.15, -0.1) is 0 Å². The molecule has 4 rings (SSSR count). The van der Waals surface area contributed by atoms with Crippen LogP contribution in [0.4, 0.5) is 10.5 Å². The molecule has 0 radical (unpaired) electrons. The summed E-state index contributed by atoms with van der Waals surface area (Å²) in [4.78, 5) is 28.1. The molecule has 2 saturated heterocycles. The fourth-order valence-corrected chi connectivity index (χ4v) is 5.76. The van der Waals surface area contributed by atoms with E-state index >= 15 is 0 Å². The van der Waals surface area contributed by atoms with Crippen molar-refractivity contribution in [3.63, 3.8) is 0 Å². The first-order valence-electron chi connectivity index (χ1n) is 9.76. The van der Waals surface area contributed by atoms with E-state index in [-0.39, 0.29) is 30.3 Å². The number of nitrogens with zero attached hydrogens (tertiary/aromatic N) is 3. The zero-order valence-electron chi connectivity index (χ0n) is 16.3. The van der Waals surface area contributed by atoms with Gasteiger partial charge in [-0.2, -0.15) is 0 Å². The number of hydrogen-bond donors (Lipinski definition) is 0. The molecule has 158 valence electrons. The van der Waals surface area contributed by atoms with Crippen molar-refractivity contribution in [3.8, 4) is 0 Å². The third-order valence-corrected chi connectivity index (χ3v) is 7.59. The molecule has 2 fully saturated rings. The zero-order valence-corrected chi connectivity index (χ0v) is 17.8. The minimum atomic E-state index is -3.48. The lowest BCUT2D eigenvalue weighted by molar-refractivity contribution is -0.116. The summed E-state index contributed by atoms with van der Waals surface area (Å²) in [6, 6.07) is 15.2. The van der Waals surface area contributed by atoms with Crippen molar-refractivity contribution in [2.45, 2.75) is 24.6 Å². The van der Waals surface area contributed by atoms with Crippen LogP contribution >= 0.6 is 11.6 Å². The van der Waals surface area contributed by atoms with Gasteiger partial charge in [-0.3, -0.25) is 4.79 Å². The van der Waals surface area contributed by atoms with Gasteiger partial charge in [0.2, 0.25) is 10.0 Å². The predicted octanol–water partition coefficient (Wildman–Crippen LogP) is 3.10. The second-order valence-corrected chi connectivity index (χ2v) is 9.90. The van der Waals surface area contributed by atoms with Gasteiger partial charge >= 0.3 is 6.03 Å². The van der Waals surface area contributed by atoms with Crippen molar-refractivity contribution in [2.24, 2.45) is 0 Å². The van der Waals surface area contributed by atoms with E-state index in [9.17, 15) is 18.0 Å². The molecule has 0 N–H and O–H groups in total. The molecule has 2 aliphatic rings. The van der Waals surface area contributed by atoms with Crippen LogP contribution in [-0.4, -0.2) is 55.2 Å². The van der Waals surface area contributed by atoms with Crippen molar-refractivity contribution in [2.75, 3.05) is 24.5 Å². The van der Waals surface area contributed by atoms with Crippen LogP contribution in [0.5, 0.6) is 0 Å². The first-order valence-corrected chi connectivity index (χ1v) is 11.7. The summed E-state index contributed by atoms with van der Waals surface area (Å²) in [6.07, 6.45) is 0.993. The van der Waals surface area contributed by atoms with Crippen LogP contribution < -0.4 is 4.90 Å². The largest absolute Gasteiger partial charge is 0.332 e. The highest BCUT2D eigenvalue weighted by atomic mass is 35.5. The first-order chi connectivity index (χ1) is 14.3. The van der Waals surface area contributed by atoms with E-state index in [0.717, 1.165) is 0 Å². The Morgan fingerprint density at radius 2 is 1.67 bits per heavy atom. The predicted molar refractivity (Wildman–Crippen MR) is 115 cm³/mol. The first kappa shape index (κ1) is 20.8. The molecular weight excluding hydrogens is 426 g/mol. The second-order valence-electron chi connectivity index (χ2n) is 7.49. The Bertz CT molecular complexity index is 1050. The van der Waals surface area contributed by atoms with Gasteiger partial charge in [0.05, 0.1) is 11.4 Å². The molecular formula is C21H22ClN3O4S. The lowest BCUT2D eigenvalue weighted by atomic mass is 10.1. The quantitative estimate of drug-likeness (QED) is 0.660. The number of anilines is 1. The Morgan fingerprint density at radius 1 is 0.967 bits per heavy atom. The third-order valence-electron chi connectivity index (χ3n) is 5.50. The molecule has 2 aliphatic heterocycles. The number of hydrogen-bond acceptors (Lipinski definition) is 4. The highest BCUT2D eigenvalue weighted by Crippen LogP contribution is 2.27. The third kappa shape index (κ3) is 4.21. The Hall–Kier alpha value is -2.42. The van der Waals surface area contributed by atoms with Gasteiger partial charge in [-0.05, 0) is 42.7 Å². The molecule has 0 spiro atoms. The van der Waals surface area contributed by atoms with E-state index in [1.54, 1.807) is 53.4 Å². The topological polar surface area (TPSA) is 78.0 Å². The van der Waals surface area contributed by atoms with E-state index < -0.39 is 10.0 Å². The summed E-state index contributed by atoms with van der Waals surface area (Å²) in [6.45, 7) is 0.654. The maximum atomic E-state index is 12.9. The molecule has 0 aliphatic carbocycles. The fourth-order valence-electron chi connectivity index (χ4n) is 4.00. The van der Waals surface area contributed by atoms with E-state index in [2.05, 4.69) is 0 Å². The lowest BCUT2D eigenvalue weighted by Crippen LogP contribution is -2.48. The van der Waals surface area contributed by atoms with Gasteiger partial charge in [0.15, 0.2) is 0 Å². The smallest absolute Gasteiger partial charge is 0.312 e. The van der Waals surface area contributed by atoms with Crippen molar-refractivity contribution in [1.29, 1.82) is 0 Å². The fraction of sp³-hybridized carbons (Fsp3) is 0.333. The van der Waals surface area contributed by atoms with Crippen LogP contribution in [0.25, 0.3) is 0 Å². The summed E-state index contributed by atoms with van der Waals surface area (Å²) < 4.78 is 27.0. The lowest BCUT2D eigenvalue weighted by Gasteiger charge is -2.35. The van der Waals surface area contributed by atoms with Crippen molar-refractivity contribution >= 4 is 39.2 Å². The minimum absolute atomic E-state index is 0.0215. The summed E-state index contributed by atoms with van der Waals surface area (Å²) in [7, 11) is -3.48. The number of rotatable bonds is 5. The maximum absolute atomic E-state index is 12.9. The molecule has 3 amide bonds. The second kappa shape index (κ2) is 8.37. The van der Waals surface area contributed by atoms with Crippen molar-refractivity contribution in [3.05, 3.63) is 65.2 Å². The van der Waals surface area contributed by atoms with E-state index in [1.807, 2.05) is 6.07 Å².